The summed E-state index contributed by atoms with van der Waals surface area (Å²) in [6.07, 6.45) is 4.32. The molecule has 0 spiro atoms. The van der Waals surface area contributed by atoms with E-state index in [2.05, 4.69) is 42.3 Å². The fraction of sp³-hybridized carbons (Fsp3) is 0.182. The maximum atomic E-state index is 4.60. The van der Waals surface area contributed by atoms with Crippen LogP contribution in [0.4, 0.5) is 0 Å². The van der Waals surface area contributed by atoms with Crippen molar-refractivity contribution in [3.63, 3.8) is 0 Å². The molecule has 1 nitrogen and oxygen atoms in total. The number of fused-ring (bicyclic) bond motifs is 1. The van der Waals surface area contributed by atoms with Crippen molar-refractivity contribution in [3.05, 3.63) is 36.4 Å². The van der Waals surface area contributed by atoms with Crippen molar-refractivity contribution in [1.82, 2.24) is 4.98 Å². The second-order valence-corrected chi connectivity index (χ2v) is 6.56. The molecule has 1 heterocycles. The van der Waals surface area contributed by atoms with Crippen LogP contribution in [-0.4, -0.2) is 19.9 Å². The van der Waals surface area contributed by atoms with E-state index >= 15 is 0 Å². The van der Waals surface area contributed by atoms with Gasteiger partial charge in [-0.25, -0.2) is 0 Å². The van der Waals surface area contributed by atoms with E-state index in [1.54, 1.807) is 0 Å². The third-order valence-corrected chi connectivity index (χ3v) is 5.24. The van der Waals surface area contributed by atoms with Crippen molar-refractivity contribution in [1.29, 1.82) is 0 Å². The van der Waals surface area contributed by atoms with Crippen LogP contribution in [0, 0.1) is 0 Å². The van der Waals surface area contributed by atoms with Gasteiger partial charge in [-0.1, -0.05) is 0 Å². The summed E-state index contributed by atoms with van der Waals surface area (Å²) in [5, 5.41) is 1.16. The van der Waals surface area contributed by atoms with Crippen molar-refractivity contribution in [3.8, 4) is 0 Å². The molecule has 0 unspecified atom stereocenters. The molecular formula is C11H11NSSe. The van der Waals surface area contributed by atoms with E-state index in [1.165, 1.54) is 8.61 Å². The molecule has 14 heavy (non-hydrogen) atoms. The standard InChI is InChI=1S/C11H11NSSe/c1-2-3-8-14-11-12-9-6-4-5-7-10(9)13-11/h2-7H,8H2,1H3/b3-2+. The Morgan fingerprint density at radius 2 is 2.29 bits per heavy atom. The van der Waals surface area contributed by atoms with Gasteiger partial charge in [0.25, 0.3) is 0 Å². The monoisotopic (exact) mass is 269 g/mol. The molecule has 3 heteroatoms. The van der Waals surface area contributed by atoms with Crippen LogP contribution in [0.5, 0.6) is 0 Å². The van der Waals surface area contributed by atoms with E-state index in [4.69, 9.17) is 0 Å². The minimum absolute atomic E-state index is 0.510. The summed E-state index contributed by atoms with van der Waals surface area (Å²) in [5.74, 6) is 0. The van der Waals surface area contributed by atoms with Crippen LogP contribution in [-0.2, 0) is 0 Å². The van der Waals surface area contributed by atoms with E-state index < -0.39 is 0 Å². The molecule has 0 saturated carbocycles. The summed E-state index contributed by atoms with van der Waals surface area (Å²) in [6.45, 7) is 2.06. The molecule has 0 aliphatic rings. The van der Waals surface area contributed by atoms with Gasteiger partial charge in [0.1, 0.15) is 0 Å². The number of hydrogen-bond donors (Lipinski definition) is 0. The number of rotatable bonds is 3. The SMILES string of the molecule is C/C=C/C[Se]c1nc2ccccc2s1. The van der Waals surface area contributed by atoms with Crippen molar-refractivity contribution in [2.75, 3.05) is 0 Å². The molecule has 0 radical (unpaired) electrons. The Kier molecular flexibility index (Phi) is 3.35. The first-order chi connectivity index (χ1) is 6.90. The van der Waals surface area contributed by atoms with E-state index in [9.17, 15) is 0 Å². The predicted molar refractivity (Wildman–Crippen MR) is 64.6 cm³/mol. The van der Waals surface area contributed by atoms with Crippen LogP contribution in [0.3, 0.4) is 0 Å². The first-order valence-corrected chi connectivity index (χ1v) is 7.38. The van der Waals surface area contributed by atoms with Crippen molar-refractivity contribution >= 4 is 40.4 Å². The van der Waals surface area contributed by atoms with Gasteiger partial charge >= 0.3 is 94.1 Å². The Hall–Kier alpha value is -0.631. The second kappa shape index (κ2) is 4.74. The van der Waals surface area contributed by atoms with Crippen molar-refractivity contribution < 1.29 is 0 Å². The summed E-state index contributed by atoms with van der Waals surface area (Å²) >= 11 is 2.34. The fourth-order valence-corrected chi connectivity index (χ4v) is 4.42. The average molecular weight is 268 g/mol. The van der Waals surface area contributed by atoms with Gasteiger partial charge in [-0.15, -0.1) is 0 Å². The third kappa shape index (κ3) is 2.24. The molecule has 0 bridgehead atoms. The van der Waals surface area contributed by atoms with Gasteiger partial charge in [0.2, 0.25) is 0 Å². The Morgan fingerprint density at radius 3 is 3.07 bits per heavy atom. The Morgan fingerprint density at radius 1 is 1.43 bits per heavy atom. The number of hydrogen-bond acceptors (Lipinski definition) is 2. The zero-order chi connectivity index (χ0) is 9.80. The molecule has 0 amide bonds. The molecule has 1 aromatic heterocycles. The molecule has 0 fully saturated rings. The number of thiazole rings is 1. The Labute approximate surface area is 94.0 Å². The normalized spacial score (nSPS) is 11.5. The van der Waals surface area contributed by atoms with Crippen LogP contribution < -0.4 is 3.91 Å². The van der Waals surface area contributed by atoms with Gasteiger partial charge in [0.15, 0.2) is 0 Å². The first kappa shape index (κ1) is 9.91. The van der Waals surface area contributed by atoms with Gasteiger partial charge in [-0.3, -0.25) is 0 Å². The van der Waals surface area contributed by atoms with E-state index in [1.807, 2.05) is 17.4 Å². The van der Waals surface area contributed by atoms with Gasteiger partial charge < -0.3 is 0 Å². The van der Waals surface area contributed by atoms with Crippen LogP contribution in [0.15, 0.2) is 36.4 Å². The summed E-state index contributed by atoms with van der Waals surface area (Å²) in [5.41, 5.74) is 1.15. The summed E-state index contributed by atoms with van der Waals surface area (Å²) in [6, 6.07) is 8.34. The molecular weight excluding hydrogens is 257 g/mol. The predicted octanol–water partition coefficient (Wildman–Crippen LogP) is 2.62. The third-order valence-electron chi connectivity index (χ3n) is 1.81. The van der Waals surface area contributed by atoms with E-state index in [-0.39, 0.29) is 0 Å². The van der Waals surface area contributed by atoms with E-state index in [0.29, 0.717) is 15.0 Å². The molecule has 0 N–H and O–H groups in total. The van der Waals surface area contributed by atoms with Gasteiger partial charge in [0, 0.05) is 0 Å². The number of aromatic nitrogens is 1. The molecule has 0 aliphatic heterocycles. The average Bonchev–Trinajstić information content (AvgIpc) is 2.60. The summed E-state index contributed by atoms with van der Waals surface area (Å²) in [7, 11) is 0. The van der Waals surface area contributed by atoms with Crippen LogP contribution in [0.2, 0.25) is 5.32 Å². The van der Waals surface area contributed by atoms with Crippen molar-refractivity contribution in [2.24, 2.45) is 0 Å². The van der Waals surface area contributed by atoms with E-state index in [0.717, 1.165) is 10.8 Å². The van der Waals surface area contributed by atoms with Gasteiger partial charge in [0.05, 0.1) is 0 Å². The zero-order valence-corrected chi connectivity index (χ0v) is 10.5. The Balaban J connectivity index is 2.18. The maximum absolute atomic E-state index is 4.60. The number of benzene rings is 1. The van der Waals surface area contributed by atoms with Gasteiger partial charge in [-0.05, 0) is 0 Å². The topological polar surface area (TPSA) is 12.9 Å². The molecule has 72 valence electrons. The van der Waals surface area contributed by atoms with Crippen LogP contribution in [0.1, 0.15) is 6.92 Å². The van der Waals surface area contributed by atoms with Crippen LogP contribution in [0.25, 0.3) is 10.2 Å². The number of allylic oxidation sites excluding steroid dienone is 2. The summed E-state index contributed by atoms with van der Waals surface area (Å²) < 4.78 is 2.61. The molecule has 0 atom stereocenters. The molecule has 2 aromatic rings. The van der Waals surface area contributed by atoms with Crippen molar-refractivity contribution in [2.45, 2.75) is 12.2 Å². The molecule has 2 rings (SSSR count). The molecule has 0 saturated heterocycles. The molecule has 1 aromatic carbocycles. The molecule has 0 aliphatic carbocycles. The minimum atomic E-state index is 0.510. The second-order valence-electron chi connectivity index (χ2n) is 2.83. The summed E-state index contributed by atoms with van der Waals surface area (Å²) in [4.78, 5) is 4.60. The zero-order valence-electron chi connectivity index (χ0n) is 7.93. The number of para-hydroxylation sites is 1. The van der Waals surface area contributed by atoms with Gasteiger partial charge in [-0.2, -0.15) is 0 Å². The number of nitrogens with zero attached hydrogens (tertiary/aromatic N) is 1. The first-order valence-electron chi connectivity index (χ1n) is 4.49. The Bertz CT molecular complexity index is 414. The van der Waals surface area contributed by atoms with Crippen LogP contribution >= 0.6 is 11.3 Å². The fourth-order valence-electron chi connectivity index (χ4n) is 1.13. The quantitative estimate of drug-likeness (QED) is 0.616.